The van der Waals surface area contributed by atoms with Crippen LogP contribution in [0.25, 0.3) is 0 Å². The Morgan fingerprint density at radius 2 is 1.95 bits per heavy atom. The quantitative estimate of drug-likeness (QED) is 0.837. The van der Waals surface area contributed by atoms with Crippen molar-refractivity contribution in [2.24, 2.45) is 0 Å². The topological polar surface area (TPSA) is 42.3 Å². The van der Waals surface area contributed by atoms with E-state index in [1.54, 1.807) is 0 Å². The Balaban J connectivity index is 1.98. The lowest BCUT2D eigenvalue weighted by Gasteiger charge is -2.44. The largest absolute Gasteiger partial charge is 0.304 e. The fourth-order valence-electron chi connectivity index (χ4n) is 3.56. The fourth-order valence-corrected chi connectivity index (χ4v) is 3.56. The molecule has 0 spiro atoms. The first kappa shape index (κ1) is 14.8. The highest BCUT2D eigenvalue weighted by Crippen LogP contribution is 2.31. The van der Waals surface area contributed by atoms with Gasteiger partial charge in [0.15, 0.2) is 0 Å². The fraction of sp³-hybridized carbons (Fsp3) is 0.933. The lowest BCUT2D eigenvalue weighted by atomic mass is 9.78. The molecule has 2 atom stereocenters. The van der Waals surface area contributed by atoms with Crippen LogP contribution in [-0.2, 0) is 0 Å². The first-order chi connectivity index (χ1) is 9.04. The molecule has 1 saturated heterocycles. The highest BCUT2D eigenvalue weighted by Gasteiger charge is 2.39. The third-order valence-corrected chi connectivity index (χ3v) is 4.56. The smallest absolute Gasteiger partial charge is 0.108 e. The molecule has 2 aliphatic rings. The van der Waals surface area contributed by atoms with Gasteiger partial charge in [-0.2, -0.15) is 5.26 Å². The van der Waals surface area contributed by atoms with Crippen molar-refractivity contribution in [2.75, 3.05) is 33.2 Å². The van der Waals surface area contributed by atoms with Crippen LogP contribution in [0.4, 0.5) is 0 Å². The number of piperazine rings is 1. The molecule has 1 aliphatic carbocycles. The average molecular weight is 264 g/mol. The Bertz CT molecular complexity index is 328. The van der Waals surface area contributed by atoms with Gasteiger partial charge < -0.3 is 4.90 Å². The van der Waals surface area contributed by atoms with Gasteiger partial charge >= 0.3 is 0 Å². The van der Waals surface area contributed by atoms with Crippen molar-refractivity contribution in [3.05, 3.63) is 0 Å². The predicted molar refractivity (Wildman–Crippen MR) is 77.9 cm³/mol. The summed E-state index contributed by atoms with van der Waals surface area (Å²) >= 11 is 0. The lowest BCUT2D eigenvalue weighted by molar-refractivity contribution is 0.0705. The summed E-state index contributed by atoms with van der Waals surface area (Å²) in [5, 5.41) is 13.1. The number of nitrogens with zero attached hydrogens (tertiary/aromatic N) is 3. The zero-order chi connectivity index (χ0) is 13.9. The molecule has 2 fully saturated rings. The molecular weight excluding hydrogens is 236 g/mol. The van der Waals surface area contributed by atoms with E-state index >= 15 is 0 Å². The van der Waals surface area contributed by atoms with Crippen molar-refractivity contribution in [1.82, 2.24) is 15.1 Å². The summed E-state index contributed by atoms with van der Waals surface area (Å²) in [7, 11) is 2.19. The number of nitriles is 1. The maximum Gasteiger partial charge on any atom is 0.108 e. The number of nitrogens with one attached hydrogen (secondary N) is 1. The minimum Gasteiger partial charge on any atom is -0.304 e. The van der Waals surface area contributed by atoms with Gasteiger partial charge in [0.1, 0.15) is 5.54 Å². The van der Waals surface area contributed by atoms with Crippen molar-refractivity contribution < 1.29 is 0 Å². The monoisotopic (exact) mass is 264 g/mol. The maximum absolute atomic E-state index is 9.61. The van der Waals surface area contributed by atoms with Crippen molar-refractivity contribution in [2.45, 2.75) is 57.2 Å². The van der Waals surface area contributed by atoms with Crippen LogP contribution in [0.2, 0.25) is 0 Å². The molecule has 1 aliphatic heterocycles. The molecular formula is C15H28N4. The molecule has 0 amide bonds. The average Bonchev–Trinajstić information content (AvgIpc) is 2.39. The maximum atomic E-state index is 9.61. The molecule has 1 heterocycles. The van der Waals surface area contributed by atoms with Crippen LogP contribution in [0, 0.1) is 11.3 Å². The Labute approximate surface area is 117 Å². The second-order valence-electron chi connectivity index (χ2n) is 6.58. The van der Waals surface area contributed by atoms with E-state index in [1.807, 2.05) is 0 Å². The molecule has 0 radical (unpaired) electrons. The zero-order valence-corrected chi connectivity index (χ0v) is 12.7. The number of hydrogen-bond donors (Lipinski definition) is 1. The van der Waals surface area contributed by atoms with Crippen molar-refractivity contribution in [3.63, 3.8) is 0 Å². The van der Waals surface area contributed by atoms with Gasteiger partial charge in [-0.3, -0.25) is 10.2 Å². The Hall–Kier alpha value is -0.630. The van der Waals surface area contributed by atoms with E-state index in [2.05, 4.69) is 42.1 Å². The summed E-state index contributed by atoms with van der Waals surface area (Å²) in [5.41, 5.74) is -0.291. The minimum absolute atomic E-state index is 0.291. The van der Waals surface area contributed by atoms with Crippen molar-refractivity contribution in [1.29, 1.82) is 5.26 Å². The van der Waals surface area contributed by atoms with E-state index in [4.69, 9.17) is 0 Å². The van der Waals surface area contributed by atoms with Crippen LogP contribution in [0.1, 0.15) is 39.5 Å². The van der Waals surface area contributed by atoms with Crippen LogP contribution >= 0.6 is 0 Å². The zero-order valence-electron chi connectivity index (χ0n) is 12.7. The molecule has 4 nitrogen and oxygen atoms in total. The third kappa shape index (κ3) is 3.68. The van der Waals surface area contributed by atoms with Gasteiger partial charge in [-0.05, 0) is 46.6 Å². The second-order valence-corrected chi connectivity index (χ2v) is 6.58. The molecule has 4 heteroatoms. The number of rotatable bonds is 3. The SMILES string of the molecule is CC(C)NC1(C#N)CCCC(N2CCN(C)CC2)C1. The molecule has 2 rings (SSSR count). The third-order valence-electron chi connectivity index (χ3n) is 4.56. The van der Waals surface area contributed by atoms with Gasteiger partial charge in [-0.25, -0.2) is 0 Å². The van der Waals surface area contributed by atoms with Crippen LogP contribution in [0.3, 0.4) is 0 Å². The first-order valence-electron chi connectivity index (χ1n) is 7.66. The molecule has 0 aromatic carbocycles. The normalized spacial score (nSPS) is 34.4. The van der Waals surface area contributed by atoms with Crippen LogP contribution in [0.5, 0.6) is 0 Å². The summed E-state index contributed by atoms with van der Waals surface area (Å²) in [6.07, 6.45) is 4.43. The Morgan fingerprint density at radius 1 is 1.26 bits per heavy atom. The summed E-state index contributed by atoms with van der Waals surface area (Å²) in [5.74, 6) is 0. The van der Waals surface area contributed by atoms with Crippen molar-refractivity contribution in [3.8, 4) is 6.07 Å². The highest BCUT2D eigenvalue weighted by molar-refractivity contribution is 5.11. The van der Waals surface area contributed by atoms with E-state index in [0.29, 0.717) is 12.1 Å². The molecule has 0 bridgehead atoms. The van der Waals surface area contributed by atoms with Gasteiger partial charge in [0, 0.05) is 38.3 Å². The standard InChI is InChI=1S/C15H28N4/c1-13(2)17-15(12-16)6-4-5-14(11-15)19-9-7-18(3)8-10-19/h13-14,17H,4-11H2,1-3H3. The van der Waals surface area contributed by atoms with E-state index in [9.17, 15) is 5.26 Å². The summed E-state index contributed by atoms with van der Waals surface area (Å²) in [6, 6.07) is 3.55. The van der Waals surface area contributed by atoms with E-state index < -0.39 is 0 Å². The van der Waals surface area contributed by atoms with E-state index in [-0.39, 0.29) is 5.54 Å². The number of hydrogen-bond acceptors (Lipinski definition) is 4. The molecule has 108 valence electrons. The summed E-state index contributed by atoms with van der Waals surface area (Å²) < 4.78 is 0. The van der Waals surface area contributed by atoms with Crippen LogP contribution in [-0.4, -0.2) is 60.6 Å². The molecule has 0 aromatic rings. The molecule has 2 unspecified atom stereocenters. The Kier molecular flexibility index (Phi) is 4.83. The molecule has 1 N–H and O–H groups in total. The first-order valence-corrected chi connectivity index (χ1v) is 7.66. The van der Waals surface area contributed by atoms with Crippen LogP contribution < -0.4 is 5.32 Å². The summed E-state index contributed by atoms with van der Waals surface area (Å²) in [6.45, 7) is 8.91. The van der Waals surface area contributed by atoms with E-state index in [1.165, 1.54) is 12.8 Å². The second kappa shape index (κ2) is 6.21. The molecule has 0 aromatic heterocycles. The number of likely N-dealkylation sites (N-methyl/N-ethyl adjacent to an activating group) is 1. The van der Waals surface area contributed by atoms with Gasteiger partial charge in [-0.15, -0.1) is 0 Å². The molecule has 19 heavy (non-hydrogen) atoms. The highest BCUT2D eigenvalue weighted by atomic mass is 15.3. The van der Waals surface area contributed by atoms with Gasteiger partial charge in [-0.1, -0.05) is 0 Å². The molecule has 1 saturated carbocycles. The minimum atomic E-state index is -0.291. The van der Waals surface area contributed by atoms with Gasteiger partial charge in [0.05, 0.1) is 6.07 Å². The van der Waals surface area contributed by atoms with E-state index in [0.717, 1.165) is 39.0 Å². The lowest BCUT2D eigenvalue weighted by Crippen LogP contribution is -2.57. The summed E-state index contributed by atoms with van der Waals surface area (Å²) in [4.78, 5) is 5.00. The van der Waals surface area contributed by atoms with Crippen molar-refractivity contribution >= 4 is 0 Å². The van der Waals surface area contributed by atoms with Crippen LogP contribution in [0.15, 0.2) is 0 Å². The van der Waals surface area contributed by atoms with Gasteiger partial charge in [0.2, 0.25) is 0 Å². The van der Waals surface area contributed by atoms with Gasteiger partial charge in [0.25, 0.3) is 0 Å². The Morgan fingerprint density at radius 3 is 2.53 bits per heavy atom. The predicted octanol–water partition coefficient (Wildman–Crippen LogP) is 1.44.